The van der Waals surface area contributed by atoms with Crippen LogP contribution in [0.5, 0.6) is 11.5 Å². The van der Waals surface area contributed by atoms with Gasteiger partial charge < -0.3 is 24.8 Å². The third-order valence-electron chi connectivity index (χ3n) is 6.91. The van der Waals surface area contributed by atoms with Crippen molar-refractivity contribution in [2.45, 2.75) is 18.4 Å². The second-order valence-electron chi connectivity index (χ2n) is 9.12. The van der Waals surface area contributed by atoms with Gasteiger partial charge in [0, 0.05) is 46.6 Å². The van der Waals surface area contributed by atoms with Crippen LogP contribution in [0.25, 0.3) is 10.9 Å². The van der Waals surface area contributed by atoms with Gasteiger partial charge in [-0.15, -0.1) is 0 Å². The minimum atomic E-state index is -1.03. The molecule has 0 unspecified atom stereocenters. The highest BCUT2D eigenvalue weighted by molar-refractivity contribution is 6.31. The zero-order chi connectivity index (χ0) is 26.0. The van der Waals surface area contributed by atoms with Crippen LogP contribution >= 0.6 is 11.6 Å². The molecule has 0 saturated carbocycles. The van der Waals surface area contributed by atoms with Gasteiger partial charge in [-0.25, -0.2) is 0 Å². The van der Waals surface area contributed by atoms with Crippen LogP contribution in [-0.2, 0) is 5.60 Å². The number of piperidine rings is 1. The summed E-state index contributed by atoms with van der Waals surface area (Å²) in [5.74, 6) is 1.14. The Morgan fingerprint density at radius 2 is 1.70 bits per heavy atom. The van der Waals surface area contributed by atoms with Crippen LogP contribution in [0.2, 0.25) is 5.02 Å². The number of ether oxygens (including phenoxy) is 2. The highest BCUT2D eigenvalue weighted by atomic mass is 35.5. The molecule has 0 radical (unpaired) electrons. The Balaban J connectivity index is 1.25. The average Bonchev–Trinajstić information content (AvgIpc) is 2.93. The van der Waals surface area contributed by atoms with E-state index in [0.29, 0.717) is 48.0 Å². The maximum atomic E-state index is 13.2. The van der Waals surface area contributed by atoms with Crippen molar-refractivity contribution >= 4 is 39.8 Å². The van der Waals surface area contributed by atoms with Crippen LogP contribution in [0, 0.1) is 0 Å². The molecule has 190 valence electrons. The van der Waals surface area contributed by atoms with Gasteiger partial charge in [-0.1, -0.05) is 17.7 Å². The van der Waals surface area contributed by atoms with Crippen LogP contribution in [0.3, 0.4) is 0 Å². The third-order valence-corrected chi connectivity index (χ3v) is 7.15. The molecule has 1 amide bonds. The third kappa shape index (κ3) is 5.05. The fourth-order valence-electron chi connectivity index (χ4n) is 4.76. The number of fused-ring (bicyclic) bond motifs is 1. The zero-order valence-corrected chi connectivity index (χ0v) is 21.5. The van der Waals surface area contributed by atoms with Crippen molar-refractivity contribution in [1.82, 2.24) is 9.88 Å². The lowest BCUT2D eigenvalue weighted by atomic mass is 9.84. The summed E-state index contributed by atoms with van der Waals surface area (Å²) < 4.78 is 10.7. The van der Waals surface area contributed by atoms with Gasteiger partial charge in [0.15, 0.2) is 11.5 Å². The first-order chi connectivity index (χ1) is 17.9. The Morgan fingerprint density at radius 1 is 0.973 bits per heavy atom. The standard InChI is InChI=1S/C29H28ClN3O4/c1-36-26-10-5-20(17-27(26)37-2)29(35)12-15-33(16-13-29)28(34)19-3-7-22(8-4-19)32-24-11-14-31-25-18-21(30)6-9-23(24)25/h3-11,14,17-18,35H,12-13,15-16H2,1-2H3,(H,31,32). The Labute approximate surface area is 220 Å². The van der Waals surface area contributed by atoms with E-state index >= 15 is 0 Å². The molecular formula is C29H28ClN3O4. The van der Waals surface area contributed by atoms with Gasteiger partial charge in [-0.2, -0.15) is 0 Å². The predicted octanol–water partition coefficient (Wildman–Crippen LogP) is 5.77. The van der Waals surface area contributed by atoms with Crippen LogP contribution in [0.15, 0.2) is 72.9 Å². The number of benzene rings is 3. The second kappa shape index (κ2) is 10.3. The number of aromatic nitrogens is 1. The number of nitrogens with one attached hydrogen (secondary N) is 1. The minimum absolute atomic E-state index is 0.0510. The van der Waals surface area contributed by atoms with Gasteiger partial charge in [0.1, 0.15) is 0 Å². The van der Waals surface area contributed by atoms with Crippen molar-refractivity contribution in [3.05, 3.63) is 89.1 Å². The lowest BCUT2D eigenvalue weighted by Crippen LogP contribution is -2.45. The SMILES string of the molecule is COc1ccc(C2(O)CCN(C(=O)c3ccc(Nc4ccnc5cc(Cl)ccc45)cc3)CC2)cc1OC. The number of pyridine rings is 1. The van der Waals surface area contributed by atoms with Crippen molar-refractivity contribution in [3.63, 3.8) is 0 Å². The van der Waals surface area contributed by atoms with Crippen LogP contribution in [0.1, 0.15) is 28.8 Å². The van der Waals surface area contributed by atoms with Crippen molar-refractivity contribution < 1.29 is 19.4 Å². The van der Waals surface area contributed by atoms with E-state index in [4.69, 9.17) is 21.1 Å². The molecule has 1 saturated heterocycles. The number of nitrogens with zero attached hydrogens (tertiary/aromatic N) is 2. The van der Waals surface area contributed by atoms with Gasteiger partial charge >= 0.3 is 0 Å². The maximum absolute atomic E-state index is 13.2. The van der Waals surface area contributed by atoms with E-state index in [1.165, 1.54) is 0 Å². The molecule has 4 aromatic rings. The summed E-state index contributed by atoms with van der Waals surface area (Å²) in [6.07, 6.45) is 2.61. The van der Waals surface area contributed by atoms with Crippen LogP contribution in [0.4, 0.5) is 11.4 Å². The van der Waals surface area contributed by atoms with E-state index in [-0.39, 0.29) is 5.91 Å². The smallest absolute Gasteiger partial charge is 0.253 e. The first-order valence-corrected chi connectivity index (χ1v) is 12.4. The summed E-state index contributed by atoms with van der Waals surface area (Å²) in [5.41, 5.74) is 2.92. The average molecular weight is 518 g/mol. The lowest BCUT2D eigenvalue weighted by Gasteiger charge is -2.38. The number of halogens is 1. The van der Waals surface area contributed by atoms with E-state index in [1.807, 2.05) is 60.7 Å². The summed E-state index contributed by atoms with van der Waals surface area (Å²) in [6, 6.07) is 20.4. The Morgan fingerprint density at radius 3 is 2.41 bits per heavy atom. The van der Waals surface area contributed by atoms with E-state index in [1.54, 1.807) is 31.4 Å². The number of aliphatic hydroxyl groups is 1. The Bertz CT molecular complexity index is 1430. The molecule has 2 heterocycles. The van der Waals surface area contributed by atoms with Gasteiger partial charge in [0.2, 0.25) is 0 Å². The van der Waals surface area contributed by atoms with Crippen molar-refractivity contribution in [1.29, 1.82) is 0 Å². The highest BCUT2D eigenvalue weighted by Gasteiger charge is 2.36. The minimum Gasteiger partial charge on any atom is -0.493 e. The van der Waals surface area contributed by atoms with Crippen molar-refractivity contribution in [2.24, 2.45) is 0 Å². The topological polar surface area (TPSA) is 83.9 Å². The monoisotopic (exact) mass is 517 g/mol. The number of hydrogen-bond acceptors (Lipinski definition) is 6. The molecule has 0 bridgehead atoms. The molecule has 0 aliphatic carbocycles. The normalized spacial score (nSPS) is 14.9. The number of carbonyl (C=O) groups excluding carboxylic acids is 1. The number of likely N-dealkylation sites (tertiary alicyclic amines) is 1. The molecular weight excluding hydrogens is 490 g/mol. The molecule has 0 spiro atoms. The summed E-state index contributed by atoms with van der Waals surface area (Å²) in [5, 5.41) is 16.3. The van der Waals surface area contributed by atoms with E-state index < -0.39 is 5.60 Å². The van der Waals surface area contributed by atoms with Crippen LogP contribution < -0.4 is 14.8 Å². The van der Waals surface area contributed by atoms with E-state index in [9.17, 15) is 9.90 Å². The molecule has 3 aromatic carbocycles. The van der Waals surface area contributed by atoms with Gasteiger partial charge in [0.05, 0.1) is 25.3 Å². The van der Waals surface area contributed by atoms with Crippen molar-refractivity contribution in [3.8, 4) is 11.5 Å². The maximum Gasteiger partial charge on any atom is 0.253 e. The molecule has 0 atom stereocenters. The molecule has 37 heavy (non-hydrogen) atoms. The summed E-state index contributed by atoms with van der Waals surface area (Å²) in [6.45, 7) is 0.907. The van der Waals surface area contributed by atoms with Gasteiger partial charge in [-0.3, -0.25) is 9.78 Å². The molecule has 1 aliphatic heterocycles. The molecule has 1 aliphatic rings. The fourth-order valence-corrected chi connectivity index (χ4v) is 4.92. The number of hydrogen-bond donors (Lipinski definition) is 2. The first-order valence-electron chi connectivity index (χ1n) is 12.1. The van der Waals surface area contributed by atoms with E-state index in [0.717, 1.165) is 27.8 Å². The molecule has 5 rings (SSSR count). The van der Waals surface area contributed by atoms with Crippen LogP contribution in [-0.4, -0.2) is 48.2 Å². The lowest BCUT2D eigenvalue weighted by molar-refractivity contribution is -0.0213. The van der Waals surface area contributed by atoms with E-state index in [2.05, 4.69) is 10.3 Å². The fraction of sp³-hybridized carbons (Fsp3) is 0.241. The summed E-state index contributed by atoms with van der Waals surface area (Å²) in [4.78, 5) is 19.3. The second-order valence-corrected chi connectivity index (χ2v) is 9.55. The van der Waals surface area contributed by atoms with Crippen molar-refractivity contribution in [2.75, 3.05) is 32.6 Å². The van der Waals surface area contributed by atoms with Gasteiger partial charge in [0.25, 0.3) is 5.91 Å². The number of amides is 1. The van der Waals surface area contributed by atoms with Gasteiger partial charge in [-0.05, 0) is 79.1 Å². The number of carbonyl (C=O) groups is 1. The molecule has 8 heteroatoms. The number of rotatable bonds is 6. The molecule has 1 fully saturated rings. The zero-order valence-electron chi connectivity index (χ0n) is 20.7. The largest absolute Gasteiger partial charge is 0.493 e. The first kappa shape index (κ1) is 24.9. The molecule has 2 N–H and O–H groups in total. The molecule has 1 aromatic heterocycles. The summed E-state index contributed by atoms with van der Waals surface area (Å²) in [7, 11) is 3.15. The Hall–Kier alpha value is -3.81. The predicted molar refractivity (Wildman–Crippen MR) is 145 cm³/mol. The molecule has 7 nitrogen and oxygen atoms in total. The summed E-state index contributed by atoms with van der Waals surface area (Å²) >= 11 is 6.09. The number of methoxy groups -OCH3 is 2. The quantitative estimate of drug-likeness (QED) is 0.337. The highest BCUT2D eigenvalue weighted by Crippen LogP contribution is 2.38. The number of anilines is 2. The Kier molecular flexibility index (Phi) is 6.91.